The number of benzene rings is 1. The molecule has 1 amide bonds. The molecule has 1 aromatic carbocycles. The van der Waals surface area contributed by atoms with Crippen LogP contribution in [0.4, 0.5) is 5.69 Å². The molecule has 1 heterocycles. The fraction of sp³-hybridized carbons (Fsp3) is 0.364. The summed E-state index contributed by atoms with van der Waals surface area (Å²) in [5, 5.41) is 2.87. The maximum Gasteiger partial charge on any atom is 0.244 e. The third-order valence-electron chi connectivity index (χ3n) is 2.92. The van der Waals surface area contributed by atoms with E-state index < -0.39 is 10.0 Å². The van der Waals surface area contributed by atoms with Gasteiger partial charge in [0.2, 0.25) is 15.9 Å². The van der Waals surface area contributed by atoms with E-state index >= 15 is 0 Å². The highest BCUT2D eigenvalue weighted by atomic mass is 79.9. The number of hydrogen-bond acceptors (Lipinski definition) is 4. The van der Waals surface area contributed by atoms with E-state index in [1.807, 2.05) is 0 Å². The number of rotatable bonds is 2. The van der Waals surface area contributed by atoms with Gasteiger partial charge in [0.15, 0.2) is 0 Å². The van der Waals surface area contributed by atoms with Crippen molar-refractivity contribution in [2.45, 2.75) is 11.3 Å². The lowest BCUT2D eigenvalue weighted by Gasteiger charge is -2.20. The largest absolute Gasteiger partial charge is 0.398 e. The zero-order chi connectivity index (χ0) is 14.9. The minimum atomic E-state index is -3.75. The summed E-state index contributed by atoms with van der Waals surface area (Å²) in [5.41, 5.74) is 5.97. The van der Waals surface area contributed by atoms with Gasteiger partial charge in [0.25, 0.3) is 0 Å². The Labute approximate surface area is 130 Å². The van der Waals surface area contributed by atoms with Crippen molar-refractivity contribution in [3.63, 3.8) is 0 Å². The molecule has 1 saturated heterocycles. The third-order valence-corrected chi connectivity index (χ3v) is 6.21. The van der Waals surface area contributed by atoms with Gasteiger partial charge in [-0.1, -0.05) is 11.6 Å². The van der Waals surface area contributed by atoms with Crippen LogP contribution in [-0.4, -0.2) is 38.3 Å². The summed E-state index contributed by atoms with van der Waals surface area (Å²) >= 11 is 9.05. The molecule has 0 spiro atoms. The Morgan fingerprint density at radius 2 is 2.05 bits per heavy atom. The van der Waals surface area contributed by atoms with Gasteiger partial charge in [-0.05, 0) is 28.1 Å². The normalized spacial score (nSPS) is 17.6. The summed E-state index contributed by atoms with van der Waals surface area (Å²) in [5.74, 6) is -0.160. The minimum absolute atomic E-state index is 0.0110. The van der Waals surface area contributed by atoms with Crippen LogP contribution in [0.25, 0.3) is 0 Å². The first-order valence-electron chi connectivity index (χ1n) is 5.84. The van der Waals surface area contributed by atoms with Crippen molar-refractivity contribution in [2.75, 3.05) is 25.4 Å². The van der Waals surface area contributed by atoms with Crippen LogP contribution in [0.1, 0.15) is 6.42 Å². The lowest BCUT2D eigenvalue weighted by Crippen LogP contribution is -2.34. The fourth-order valence-corrected chi connectivity index (χ4v) is 4.59. The Bertz CT molecular complexity index is 651. The molecule has 9 heteroatoms. The number of nitrogens with two attached hydrogens (primary N) is 1. The summed E-state index contributed by atoms with van der Waals surface area (Å²) in [4.78, 5) is 11.3. The molecule has 0 aliphatic carbocycles. The zero-order valence-corrected chi connectivity index (χ0v) is 13.6. The molecular formula is C11H13BrClN3O3S. The van der Waals surface area contributed by atoms with Crippen molar-refractivity contribution < 1.29 is 13.2 Å². The molecule has 0 aromatic heterocycles. The predicted molar refractivity (Wildman–Crippen MR) is 79.9 cm³/mol. The van der Waals surface area contributed by atoms with E-state index in [1.54, 1.807) is 0 Å². The van der Waals surface area contributed by atoms with Crippen LogP contribution in [-0.2, 0) is 14.8 Å². The lowest BCUT2D eigenvalue weighted by molar-refractivity contribution is -0.120. The van der Waals surface area contributed by atoms with Gasteiger partial charge in [-0.2, -0.15) is 4.31 Å². The highest BCUT2D eigenvalue weighted by Crippen LogP contribution is 2.33. The molecule has 3 N–H and O–H groups in total. The lowest BCUT2D eigenvalue weighted by atomic mass is 10.3. The van der Waals surface area contributed by atoms with Crippen molar-refractivity contribution >= 4 is 49.1 Å². The smallest absolute Gasteiger partial charge is 0.244 e. The summed E-state index contributed by atoms with van der Waals surface area (Å²) < 4.78 is 26.8. The number of carbonyl (C=O) groups is 1. The Balaban J connectivity index is 2.42. The fourth-order valence-electron chi connectivity index (χ4n) is 1.90. The monoisotopic (exact) mass is 381 g/mol. The SMILES string of the molecule is Nc1cc(Cl)cc(S(=O)(=O)N2CCNC(=O)CC2)c1Br. The molecule has 0 radical (unpaired) electrons. The highest BCUT2D eigenvalue weighted by molar-refractivity contribution is 9.10. The second kappa shape index (κ2) is 5.88. The van der Waals surface area contributed by atoms with Crippen molar-refractivity contribution in [3.05, 3.63) is 21.6 Å². The van der Waals surface area contributed by atoms with Gasteiger partial charge >= 0.3 is 0 Å². The number of hydrogen-bond donors (Lipinski definition) is 2. The molecule has 1 aliphatic rings. The number of carbonyl (C=O) groups excluding carboxylic acids is 1. The molecule has 0 saturated carbocycles. The van der Waals surface area contributed by atoms with E-state index in [0.29, 0.717) is 0 Å². The number of nitrogens with zero attached hydrogens (tertiary/aromatic N) is 1. The van der Waals surface area contributed by atoms with Gasteiger partial charge in [-0.25, -0.2) is 8.42 Å². The molecule has 0 bridgehead atoms. The topological polar surface area (TPSA) is 92.5 Å². The molecule has 110 valence electrons. The van der Waals surface area contributed by atoms with Crippen LogP contribution in [0.3, 0.4) is 0 Å². The van der Waals surface area contributed by atoms with Gasteiger partial charge in [0, 0.05) is 36.8 Å². The van der Waals surface area contributed by atoms with Gasteiger partial charge in [0.05, 0.1) is 9.37 Å². The van der Waals surface area contributed by atoms with E-state index in [4.69, 9.17) is 17.3 Å². The Kier molecular flexibility index (Phi) is 4.58. The number of sulfonamides is 1. The first-order chi connectivity index (χ1) is 9.32. The minimum Gasteiger partial charge on any atom is -0.398 e. The Morgan fingerprint density at radius 1 is 1.35 bits per heavy atom. The average molecular weight is 383 g/mol. The summed E-state index contributed by atoms with van der Waals surface area (Å²) in [6.07, 6.45) is 0.132. The molecule has 1 aliphatic heterocycles. The highest BCUT2D eigenvalue weighted by Gasteiger charge is 2.29. The van der Waals surface area contributed by atoms with Crippen LogP contribution in [0.5, 0.6) is 0 Å². The number of anilines is 1. The summed E-state index contributed by atoms with van der Waals surface area (Å²) in [6, 6.07) is 2.82. The molecule has 20 heavy (non-hydrogen) atoms. The molecule has 2 rings (SSSR count). The number of amides is 1. The first kappa shape index (κ1) is 15.6. The molecule has 0 atom stereocenters. The Hall–Kier alpha value is -0.830. The number of nitrogens with one attached hydrogen (secondary N) is 1. The summed E-state index contributed by atoms with van der Waals surface area (Å²) in [6.45, 7) is 0.631. The van der Waals surface area contributed by atoms with Crippen molar-refractivity contribution in [1.82, 2.24) is 9.62 Å². The van der Waals surface area contributed by atoms with E-state index in [2.05, 4.69) is 21.2 Å². The standard InChI is InChI=1S/C11H13BrClN3O3S/c12-11-8(14)5-7(13)6-9(11)20(18,19)16-3-1-10(17)15-2-4-16/h5-6H,1-4,14H2,(H,15,17). The van der Waals surface area contributed by atoms with Gasteiger partial charge in [-0.3, -0.25) is 4.79 Å². The van der Waals surface area contributed by atoms with E-state index in [9.17, 15) is 13.2 Å². The van der Waals surface area contributed by atoms with Gasteiger partial charge < -0.3 is 11.1 Å². The van der Waals surface area contributed by atoms with Crippen LogP contribution >= 0.6 is 27.5 Å². The van der Waals surface area contributed by atoms with Gasteiger partial charge in [0.1, 0.15) is 0 Å². The molecule has 1 fully saturated rings. The molecular weight excluding hydrogens is 370 g/mol. The Morgan fingerprint density at radius 3 is 2.75 bits per heavy atom. The second-order valence-electron chi connectivity index (χ2n) is 4.31. The maximum atomic E-state index is 12.6. The second-order valence-corrected chi connectivity index (χ2v) is 7.45. The van der Waals surface area contributed by atoms with Crippen LogP contribution < -0.4 is 11.1 Å². The molecule has 0 unspecified atom stereocenters. The first-order valence-corrected chi connectivity index (χ1v) is 8.45. The third kappa shape index (κ3) is 3.08. The molecule has 1 aromatic rings. The molecule has 6 nitrogen and oxygen atoms in total. The van der Waals surface area contributed by atoms with Gasteiger partial charge in [-0.15, -0.1) is 0 Å². The number of halogens is 2. The van der Waals surface area contributed by atoms with Crippen LogP contribution in [0, 0.1) is 0 Å². The maximum absolute atomic E-state index is 12.6. The quantitative estimate of drug-likeness (QED) is 0.752. The summed E-state index contributed by atoms with van der Waals surface area (Å²) in [7, 11) is -3.75. The zero-order valence-electron chi connectivity index (χ0n) is 10.4. The van der Waals surface area contributed by atoms with E-state index in [0.717, 1.165) is 0 Å². The van der Waals surface area contributed by atoms with Crippen LogP contribution in [0.2, 0.25) is 5.02 Å². The van der Waals surface area contributed by atoms with E-state index in [-0.39, 0.29) is 52.0 Å². The number of nitrogen functional groups attached to an aromatic ring is 1. The predicted octanol–water partition coefficient (Wildman–Crippen LogP) is 1.20. The van der Waals surface area contributed by atoms with Crippen molar-refractivity contribution in [2.24, 2.45) is 0 Å². The van der Waals surface area contributed by atoms with Crippen LogP contribution in [0.15, 0.2) is 21.5 Å². The van der Waals surface area contributed by atoms with Crippen molar-refractivity contribution in [3.8, 4) is 0 Å². The van der Waals surface area contributed by atoms with E-state index in [1.165, 1.54) is 16.4 Å². The van der Waals surface area contributed by atoms with Crippen molar-refractivity contribution in [1.29, 1.82) is 0 Å². The average Bonchev–Trinajstić information content (AvgIpc) is 2.58.